The standard InChI is InChI=1S/C31H28BrF3N6OS/c32-23-12-10-21(11-13-23)20-41-26-8-2-1-7-25(26)28-29(41)36-30(38-37-28)43-18-4-9-27(42)40-16-14-39(15-17-40)24-6-3-5-22(19-24)31(33,34)35/h1-3,5-8,10-13,19H,4,9,14-18,20H2. The lowest BCUT2D eigenvalue weighted by atomic mass is 10.1. The van der Waals surface area contributed by atoms with Crippen molar-refractivity contribution in [2.24, 2.45) is 0 Å². The number of carbonyl (C=O) groups is 1. The average molecular weight is 670 g/mol. The van der Waals surface area contributed by atoms with Gasteiger partial charge in [0.05, 0.1) is 11.1 Å². The van der Waals surface area contributed by atoms with Crippen molar-refractivity contribution in [3.63, 3.8) is 0 Å². The van der Waals surface area contributed by atoms with Gasteiger partial charge in [0.1, 0.15) is 5.52 Å². The van der Waals surface area contributed by atoms with Crippen LogP contribution in [-0.4, -0.2) is 62.5 Å². The van der Waals surface area contributed by atoms with Crippen LogP contribution in [0.25, 0.3) is 22.1 Å². The van der Waals surface area contributed by atoms with Gasteiger partial charge in [-0.3, -0.25) is 4.79 Å². The molecule has 7 nitrogen and oxygen atoms in total. The number of carbonyl (C=O) groups excluding carboxylic acids is 1. The van der Waals surface area contributed by atoms with Gasteiger partial charge in [-0.1, -0.05) is 64.1 Å². The maximum atomic E-state index is 13.1. The monoisotopic (exact) mass is 668 g/mol. The highest BCUT2D eigenvalue weighted by Gasteiger charge is 2.31. The quantitative estimate of drug-likeness (QED) is 0.131. The highest BCUT2D eigenvalue weighted by Crippen LogP contribution is 2.32. The van der Waals surface area contributed by atoms with E-state index in [0.29, 0.717) is 62.2 Å². The summed E-state index contributed by atoms with van der Waals surface area (Å²) in [6.07, 6.45) is -3.34. The zero-order valence-corrected chi connectivity index (χ0v) is 25.5. The normalized spacial score (nSPS) is 14.1. The van der Waals surface area contributed by atoms with Crippen LogP contribution in [0.15, 0.2) is 82.4 Å². The number of hydrogen-bond acceptors (Lipinski definition) is 6. The van der Waals surface area contributed by atoms with Crippen LogP contribution < -0.4 is 4.90 Å². The number of thioether (sulfide) groups is 1. The van der Waals surface area contributed by atoms with Crippen molar-refractivity contribution in [1.29, 1.82) is 0 Å². The van der Waals surface area contributed by atoms with Crippen LogP contribution in [0, 0.1) is 0 Å². The van der Waals surface area contributed by atoms with E-state index >= 15 is 0 Å². The lowest BCUT2D eigenvalue weighted by Crippen LogP contribution is -2.48. The minimum atomic E-state index is -4.38. The molecule has 0 atom stereocenters. The number of anilines is 1. The molecule has 0 N–H and O–H groups in total. The zero-order valence-electron chi connectivity index (χ0n) is 23.1. The van der Waals surface area contributed by atoms with Crippen LogP contribution in [-0.2, 0) is 17.5 Å². The number of alkyl halides is 3. The summed E-state index contributed by atoms with van der Waals surface area (Å²) in [6, 6.07) is 21.6. The molecule has 1 aliphatic rings. The third-order valence-corrected chi connectivity index (χ3v) is 9.00. The summed E-state index contributed by atoms with van der Waals surface area (Å²) >= 11 is 4.97. The summed E-state index contributed by atoms with van der Waals surface area (Å²) in [6.45, 7) is 2.60. The Hall–Kier alpha value is -3.64. The molecule has 0 radical (unpaired) electrons. The molecule has 0 bridgehead atoms. The second-order valence-corrected chi connectivity index (χ2v) is 12.3. The zero-order chi connectivity index (χ0) is 30.0. The second-order valence-electron chi connectivity index (χ2n) is 10.4. The van der Waals surface area contributed by atoms with Gasteiger partial charge in [-0.05, 0) is 48.4 Å². The van der Waals surface area contributed by atoms with E-state index in [9.17, 15) is 18.0 Å². The van der Waals surface area contributed by atoms with E-state index in [1.807, 2.05) is 35.2 Å². The number of halogens is 4. The second kappa shape index (κ2) is 12.5. The summed E-state index contributed by atoms with van der Waals surface area (Å²) in [5, 5.41) is 10.5. The van der Waals surface area contributed by atoms with Gasteiger partial charge in [-0.25, -0.2) is 4.98 Å². The Morgan fingerprint density at radius 2 is 1.70 bits per heavy atom. The number of rotatable bonds is 8. The molecule has 2 aromatic heterocycles. The van der Waals surface area contributed by atoms with Crippen LogP contribution in [0.2, 0.25) is 0 Å². The maximum Gasteiger partial charge on any atom is 0.416 e. The van der Waals surface area contributed by atoms with Crippen molar-refractivity contribution in [1.82, 2.24) is 24.6 Å². The fourth-order valence-corrected chi connectivity index (χ4v) is 6.31. The predicted octanol–water partition coefficient (Wildman–Crippen LogP) is 7.03. The summed E-state index contributed by atoms with van der Waals surface area (Å²) in [5.41, 5.74) is 3.59. The van der Waals surface area contributed by atoms with Crippen LogP contribution in [0.3, 0.4) is 0 Å². The molecule has 5 aromatic rings. The van der Waals surface area contributed by atoms with E-state index < -0.39 is 11.7 Å². The van der Waals surface area contributed by atoms with Crippen LogP contribution >= 0.6 is 27.7 Å². The van der Waals surface area contributed by atoms with Crippen molar-refractivity contribution in [2.75, 3.05) is 36.8 Å². The molecule has 0 unspecified atom stereocenters. The van der Waals surface area contributed by atoms with E-state index in [4.69, 9.17) is 4.98 Å². The Morgan fingerprint density at radius 1 is 0.930 bits per heavy atom. The van der Waals surface area contributed by atoms with E-state index in [-0.39, 0.29) is 5.91 Å². The first-order chi connectivity index (χ1) is 20.8. The maximum absolute atomic E-state index is 13.1. The molecule has 222 valence electrons. The van der Waals surface area contributed by atoms with E-state index in [1.165, 1.54) is 23.9 Å². The Bertz CT molecular complexity index is 1750. The Kier molecular flexibility index (Phi) is 8.58. The van der Waals surface area contributed by atoms with E-state index in [1.54, 1.807) is 11.0 Å². The Labute approximate surface area is 259 Å². The van der Waals surface area contributed by atoms with Crippen molar-refractivity contribution < 1.29 is 18.0 Å². The van der Waals surface area contributed by atoms with Gasteiger partial charge in [-0.2, -0.15) is 13.2 Å². The molecule has 3 heterocycles. The number of nitrogens with zero attached hydrogens (tertiary/aromatic N) is 6. The van der Waals surface area contributed by atoms with Gasteiger partial charge in [-0.15, -0.1) is 10.2 Å². The molecule has 6 rings (SSSR count). The van der Waals surface area contributed by atoms with Gasteiger partial charge in [0.25, 0.3) is 0 Å². The molecule has 43 heavy (non-hydrogen) atoms. The predicted molar refractivity (Wildman–Crippen MR) is 166 cm³/mol. The average Bonchev–Trinajstić information content (AvgIpc) is 3.32. The van der Waals surface area contributed by atoms with Gasteiger partial charge >= 0.3 is 6.18 Å². The molecule has 1 aliphatic heterocycles. The number of piperazine rings is 1. The molecule has 1 saturated heterocycles. The largest absolute Gasteiger partial charge is 0.416 e. The van der Waals surface area contributed by atoms with Crippen molar-refractivity contribution in [2.45, 2.75) is 30.7 Å². The van der Waals surface area contributed by atoms with Crippen molar-refractivity contribution >= 4 is 61.4 Å². The molecule has 12 heteroatoms. The molecule has 1 amide bonds. The first-order valence-electron chi connectivity index (χ1n) is 14.0. The van der Waals surface area contributed by atoms with E-state index in [0.717, 1.165) is 38.2 Å². The van der Waals surface area contributed by atoms with Gasteiger partial charge in [0.15, 0.2) is 5.65 Å². The topological polar surface area (TPSA) is 67.2 Å². The summed E-state index contributed by atoms with van der Waals surface area (Å²) in [5.74, 6) is 0.712. The number of amides is 1. The lowest BCUT2D eigenvalue weighted by Gasteiger charge is -2.36. The third kappa shape index (κ3) is 6.65. The highest BCUT2D eigenvalue weighted by atomic mass is 79.9. The van der Waals surface area contributed by atoms with Crippen molar-refractivity contribution in [3.05, 3.63) is 88.4 Å². The Balaban J connectivity index is 1.05. The molecule has 0 aliphatic carbocycles. The van der Waals surface area contributed by atoms with Crippen LogP contribution in [0.4, 0.5) is 18.9 Å². The Morgan fingerprint density at radius 3 is 2.47 bits per heavy atom. The van der Waals surface area contributed by atoms with Crippen LogP contribution in [0.1, 0.15) is 24.0 Å². The number of para-hydroxylation sites is 1. The first-order valence-corrected chi connectivity index (χ1v) is 15.7. The minimum Gasteiger partial charge on any atom is -0.368 e. The van der Waals surface area contributed by atoms with Crippen LogP contribution in [0.5, 0.6) is 0 Å². The molecule has 0 spiro atoms. The summed E-state index contributed by atoms with van der Waals surface area (Å²) in [7, 11) is 0. The summed E-state index contributed by atoms with van der Waals surface area (Å²) in [4.78, 5) is 21.4. The molecule has 1 fully saturated rings. The molecular formula is C31H28BrF3N6OS. The third-order valence-electron chi connectivity index (χ3n) is 7.55. The number of benzene rings is 3. The number of hydrogen-bond donors (Lipinski definition) is 0. The van der Waals surface area contributed by atoms with Crippen molar-refractivity contribution in [3.8, 4) is 0 Å². The fourth-order valence-electron chi connectivity index (χ4n) is 5.32. The molecule has 0 saturated carbocycles. The van der Waals surface area contributed by atoms with Gasteiger partial charge in [0.2, 0.25) is 11.1 Å². The molecule has 3 aromatic carbocycles. The lowest BCUT2D eigenvalue weighted by molar-refractivity contribution is -0.137. The van der Waals surface area contributed by atoms with Gasteiger partial charge < -0.3 is 14.4 Å². The minimum absolute atomic E-state index is 0.0495. The van der Waals surface area contributed by atoms with Gasteiger partial charge in [0, 0.05) is 60.4 Å². The smallest absolute Gasteiger partial charge is 0.368 e. The number of aromatic nitrogens is 4. The summed E-state index contributed by atoms with van der Waals surface area (Å²) < 4.78 is 42.5. The fraction of sp³-hybridized carbons (Fsp3) is 0.290. The molecular weight excluding hydrogens is 641 g/mol. The van der Waals surface area contributed by atoms with E-state index in [2.05, 4.69) is 48.9 Å². The number of fused-ring (bicyclic) bond motifs is 3. The first kappa shape index (κ1) is 29.4. The highest BCUT2D eigenvalue weighted by molar-refractivity contribution is 9.10. The SMILES string of the molecule is O=C(CCCSc1nnc2c3ccccc3n(Cc3ccc(Br)cc3)c2n1)N1CCN(c2cccc(C(F)(F)F)c2)CC1.